The van der Waals surface area contributed by atoms with E-state index in [0.29, 0.717) is 5.69 Å². The molecule has 0 aromatic carbocycles. The van der Waals surface area contributed by atoms with Crippen LogP contribution in [-0.2, 0) is 4.79 Å². The Hall–Kier alpha value is -1.76. The van der Waals surface area contributed by atoms with Crippen molar-refractivity contribution in [3.8, 4) is 11.8 Å². The highest BCUT2D eigenvalue weighted by Gasteiger charge is 1.88. The lowest BCUT2D eigenvalue weighted by molar-refractivity contribution is -0.130. The van der Waals surface area contributed by atoms with Gasteiger partial charge in [-0.3, -0.25) is 0 Å². The summed E-state index contributed by atoms with van der Waals surface area (Å²) in [4.78, 5) is 13.4. The van der Waals surface area contributed by atoms with Crippen LogP contribution in [0.25, 0.3) is 0 Å². The molecule has 1 aromatic rings. The van der Waals surface area contributed by atoms with E-state index < -0.39 is 5.97 Å². The SMILES string of the molecule is O=C(O)C#Cc1cocn1. The van der Waals surface area contributed by atoms with Gasteiger partial charge in [0, 0.05) is 5.92 Å². The molecule has 0 spiro atoms. The monoisotopic (exact) mass is 137 g/mol. The number of rotatable bonds is 0. The van der Waals surface area contributed by atoms with Crippen molar-refractivity contribution in [2.75, 3.05) is 0 Å². The molecule has 1 heterocycles. The van der Waals surface area contributed by atoms with Crippen LogP contribution in [0, 0.1) is 11.8 Å². The summed E-state index contributed by atoms with van der Waals surface area (Å²) in [5.41, 5.74) is 0.322. The molecule has 0 aliphatic rings. The van der Waals surface area contributed by atoms with Crippen LogP contribution in [0.1, 0.15) is 5.69 Å². The number of nitrogens with zero attached hydrogens (tertiary/aromatic N) is 1. The van der Waals surface area contributed by atoms with Crippen LogP contribution in [-0.4, -0.2) is 16.1 Å². The lowest BCUT2D eigenvalue weighted by atomic mass is 10.5. The fraction of sp³-hybridized carbons (Fsp3) is 0. The van der Waals surface area contributed by atoms with Gasteiger partial charge in [0.25, 0.3) is 0 Å². The third-order valence-corrected chi connectivity index (χ3v) is 0.730. The van der Waals surface area contributed by atoms with Gasteiger partial charge in [0.15, 0.2) is 12.1 Å². The van der Waals surface area contributed by atoms with Crippen molar-refractivity contribution in [3.05, 3.63) is 18.4 Å². The topological polar surface area (TPSA) is 63.3 Å². The molecule has 0 radical (unpaired) electrons. The van der Waals surface area contributed by atoms with E-state index in [-0.39, 0.29) is 0 Å². The van der Waals surface area contributed by atoms with E-state index in [1.54, 1.807) is 0 Å². The third-order valence-electron chi connectivity index (χ3n) is 0.730. The van der Waals surface area contributed by atoms with Crippen molar-refractivity contribution in [3.63, 3.8) is 0 Å². The van der Waals surface area contributed by atoms with Crippen molar-refractivity contribution >= 4 is 5.97 Å². The highest BCUT2D eigenvalue weighted by molar-refractivity contribution is 5.87. The van der Waals surface area contributed by atoms with Gasteiger partial charge >= 0.3 is 5.97 Å². The van der Waals surface area contributed by atoms with Gasteiger partial charge in [-0.05, 0) is 5.92 Å². The molecule has 0 unspecified atom stereocenters. The van der Waals surface area contributed by atoms with E-state index in [1.807, 2.05) is 5.92 Å². The third kappa shape index (κ3) is 1.63. The molecule has 4 heteroatoms. The molecular weight excluding hydrogens is 134 g/mol. The van der Waals surface area contributed by atoms with E-state index >= 15 is 0 Å². The maximum atomic E-state index is 9.86. The highest BCUT2D eigenvalue weighted by atomic mass is 16.4. The summed E-state index contributed by atoms with van der Waals surface area (Å²) >= 11 is 0. The Morgan fingerprint density at radius 2 is 2.60 bits per heavy atom. The van der Waals surface area contributed by atoms with Gasteiger partial charge in [-0.2, -0.15) is 0 Å². The minimum Gasteiger partial charge on any atom is -0.472 e. The largest absolute Gasteiger partial charge is 0.472 e. The Morgan fingerprint density at radius 3 is 3.10 bits per heavy atom. The molecule has 1 aromatic heterocycles. The first-order valence-corrected chi connectivity index (χ1v) is 2.42. The van der Waals surface area contributed by atoms with Crippen molar-refractivity contribution in [1.29, 1.82) is 0 Å². The molecule has 1 rings (SSSR count). The average molecular weight is 137 g/mol. The first kappa shape index (κ1) is 6.36. The molecule has 0 amide bonds. The van der Waals surface area contributed by atoms with E-state index in [1.165, 1.54) is 12.7 Å². The zero-order chi connectivity index (χ0) is 7.40. The van der Waals surface area contributed by atoms with E-state index in [4.69, 9.17) is 5.11 Å². The second kappa shape index (κ2) is 2.69. The molecule has 1 N–H and O–H groups in total. The summed E-state index contributed by atoms with van der Waals surface area (Å²) in [5.74, 6) is 2.98. The highest BCUT2D eigenvalue weighted by Crippen LogP contribution is 1.88. The molecule has 50 valence electrons. The van der Waals surface area contributed by atoms with E-state index in [0.717, 1.165) is 0 Å². The minimum atomic E-state index is -1.18. The standard InChI is InChI=1S/C6H3NO3/c8-6(9)2-1-5-3-10-4-7-5/h3-4H,(H,8,9). The fourth-order valence-corrected chi connectivity index (χ4v) is 0.392. The molecule has 10 heavy (non-hydrogen) atoms. The fourth-order valence-electron chi connectivity index (χ4n) is 0.392. The lowest BCUT2D eigenvalue weighted by Gasteiger charge is -1.70. The first-order chi connectivity index (χ1) is 4.79. The smallest absolute Gasteiger partial charge is 0.382 e. The molecular formula is C6H3NO3. The Bertz CT molecular complexity index is 278. The number of hydrogen-bond donors (Lipinski definition) is 1. The summed E-state index contributed by atoms with van der Waals surface area (Å²) in [7, 11) is 0. The molecule has 4 nitrogen and oxygen atoms in total. The van der Waals surface area contributed by atoms with Crippen molar-refractivity contribution in [1.82, 2.24) is 4.98 Å². The van der Waals surface area contributed by atoms with Crippen LogP contribution < -0.4 is 0 Å². The number of aromatic nitrogens is 1. The van der Waals surface area contributed by atoms with Crippen molar-refractivity contribution < 1.29 is 14.3 Å². The second-order valence-electron chi connectivity index (χ2n) is 1.43. The quantitative estimate of drug-likeness (QED) is 0.515. The molecule has 0 saturated heterocycles. The van der Waals surface area contributed by atoms with Gasteiger partial charge in [-0.25, -0.2) is 9.78 Å². The van der Waals surface area contributed by atoms with Crippen LogP contribution in [0.15, 0.2) is 17.1 Å². The molecule has 0 aliphatic heterocycles. The zero-order valence-electron chi connectivity index (χ0n) is 4.87. The van der Waals surface area contributed by atoms with Gasteiger partial charge in [0.1, 0.15) is 6.26 Å². The van der Waals surface area contributed by atoms with Gasteiger partial charge in [-0.1, -0.05) is 0 Å². The van der Waals surface area contributed by atoms with Gasteiger partial charge in [0.05, 0.1) is 0 Å². The Morgan fingerprint density at radius 1 is 1.80 bits per heavy atom. The zero-order valence-corrected chi connectivity index (χ0v) is 4.87. The second-order valence-corrected chi connectivity index (χ2v) is 1.43. The van der Waals surface area contributed by atoms with Crippen molar-refractivity contribution in [2.45, 2.75) is 0 Å². The molecule has 0 saturated carbocycles. The Labute approximate surface area is 56.5 Å². The van der Waals surface area contributed by atoms with Crippen LogP contribution in [0.3, 0.4) is 0 Å². The first-order valence-electron chi connectivity index (χ1n) is 2.42. The predicted octanol–water partition coefficient (Wildman–Crippen LogP) is 0.111. The number of hydrogen-bond acceptors (Lipinski definition) is 3. The lowest BCUT2D eigenvalue weighted by Crippen LogP contribution is -1.86. The van der Waals surface area contributed by atoms with Crippen LogP contribution in [0.4, 0.5) is 0 Å². The Kier molecular flexibility index (Phi) is 1.71. The molecule has 0 fully saturated rings. The summed E-state index contributed by atoms with van der Waals surface area (Å²) in [6, 6.07) is 0. The summed E-state index contributed by atoms with van der Waals surface area (Å²) in [5, 5.41) is 8.08. The number of carboxylic acid groups (broad SMARTS) is 1. The summed E-state index contributed by atoms with van der Waals surface area (Å²) < 4.78 is 4.54. The minimum absolute atomic E-state index is 0.322. The van der Waals surface area contributed by atoms with Crippen LogP contribution in [0.2, 0.25) is 0 Å². The predicted molar refractivity (Wildman–Crippen MR) is 31.0 cm³/mol. The number of oxazole rings is 1. The van der Waals surface area contributed by atoms with Gasteiger partial charge in [-0.15, -0.1) is 0 Å². The normalized spacial score (nSPS) is 8.00. The molecule has 0 aliphatic carbocycles. The molecule has 0 atom stereocenters. The van der Waals surface area contributed by atoms with E-state index in [2.05, 4.69) is 15.3 Å². The van der Waals surface area contributed by atoms with Gasteiger partial charge < -0.3 is 9.52 Å². The van der Waals surface area contributed by atoms with Crippen molar-refractivity contribution in [2.24, 2.45) is 0 Å². The maximum Gasteiger partial charge on any atom is 0.382 e. The van der Waals surface area contributed by atoms with E-state index in [9.17, 15) is 4.79 Å². The number of carboxylic acids is 1. The number of carbonyl (C=O) groups is 1. The Balaban J connectivity index is 2.75. The van der Waals surface area contributed by atoms with Crippen LogP contribution >= 0.6 is 0 Å². The van der Waals surface area contributed by atoms with Crippen LogP contribution in [0.5, 0.6) is 0 Å². The average Bonchev–Trinajstić information content (AvgIpc) is 2.34. The maximum absolute atomic E-state index is 9.86. The van der Waals surface area contributed by atoms with Gasteiger partial charge in [0.2, 0.25) is 0 Å². The summed E-state index contributed by atoms with van der Waals surface area (Å²) in [6.07, 6.45) is 2.46. The number of aliphatic carboxylic acids is 1. The molecule has 0 bridgehead atoms. The summed E-state index contributed by atoms with van der Waals surface area (Å²) in [6.45, 7) is 0.